The first kappa shape index (κ1) is 12.9. The molecule has 2 rings (SSSR count). The monoisotopic (exact) mass is 261 g/mol. The Hall–Kier alpha value is -2.57. The Morgan fingerprint density at radius 2 is 2.32 bits per heavy atom. The second-order valence-electron chi connectivity index (χ2n) is 3.96. The van der Waals surface area contributed by atoms with Gasteiger partial charge in [0.1, 0.15) is 17.2 Å². The third-order valence-corrected chi connectivity index (χ3v) is 2.65. The zero-order valence-electron chi connectivity index (χ0n) is 10.8. The molecule has 2 heterocycles. The van der Waals surface area contributed by atoms with E-state index >= 15 is 0 Å². The first-order valence-electron chi connectivity index (χ1n) is 5.65. The second-order valence-corrected chi connectivity index (χ2v) is 3.96. The van der Waals surface area contributed by atoms with Crippen LogP contribution in [0.2, 0.25) is 0 Å². The summed E-state index contributed by atoms with van der Waals surface area (Å²) in [5.41, 5.74) is 6.33. The number of nitrogens with zero attached hydrogens (tertiary/aromatic N) is 3. The fraction of sp³-hybridized carbons (Fsp3) is 0.250. The van der Waals surface area contributed by atoms with Gasteiger partial charge < -0.3 is 20.4 Å². The molecule has 0 saturated carbocycles. The van der Waals surface area contributed by atoms with Gasteiger partial charge in [0, 0.05) is 19.4 Å². The maximum Gasteiger partial charge on any atom is 0.341 e. The Morgan fingerprint density at radius 3 is 2.95 bits per heavy atom. The highest BCUT2D eigenvalue weighted by molar-refractivity contribution is 5.95. The van der Waals surface area contributed by atoms with Crippen molar-refractivity contribution in [3.05, 3.63) is 36.0 Å². The third kappa shape index (κ3) is 2.82. The van der Waals surface area contributed by atoms with Gasteiger partial charge in [-0.3, -0.25) is 0 Å². The average molecular weight is 261 g/mol. The van der Waals surface area contributed by atoms with Gasteiger partial charge in [-0.1, -0.05) is 0 Å². The molecule has 19 heavy (non-hydrogen) atoms. The summed E-state index contributed by atoms with van der Waals surface area (Å²) in [7, 11) is 3.20. The number of imidazole rings is 1. The number of nitrogen functional groups attached to an aromatic ring is 1. The van der Waals surface area contributed by atoms with Crippen LogP contribution in [0.3, 0.4) is 0 Å². The summed E-state index contributed by atoms with van der Waals surface area (Å²) in [6, 6.07) is 1.53. The van der Waals surface area contributed by atoms with Crippen molar-refractivity contribution in [1.29, 1.82) is 0 Å². The molecule has 0 amide bonds. The molecule has 0 unspecified atom stereocenters. The van der Waals surface area contributed by atoms with E-state index < -0.39 is 5.97 Å². The quantitative estimate of drug-likeness (QED) is 0.790. The second kappa shape index (κ2) is 5.38. The zero-order chi connectivity index (χ0) is 13.8. The fourth-order valence-corrected chi connectivity index (χ4v) is 1.62. The number of methoxy groups -OCH3 is 1. The van der Waals surface area contributed by atoms with Crippen molar-refractivity contribution in [2.45, 2.75) is 6.54 Å². The molecule has 100 valence electrons. The molecule has 0 saturated heterocycles. The highest BCUT2D eigenvalue weighted by atomic mass is 16.5. The van der Waals surface area contributed by atoms with E-state index in [1.54, 1.807) is 6.20 Å². The number of esters is 1. The first-order chi connectivity index (χ1) is 9.11. The number of nitrogens with one attached hydrogen (secondary N) is 1. The normalized spacial score (nSPS) is 10.2. The molecule has 0 fully saturated rings. The number of carbonyl (C=O) groups is 1. The van der Waals surface area contributed by atoms with Gasteiger partial charge >= 0.3 is 5.97 Å². The van der Waals surface area contributed by atoms with Gasteiger partial charge in [-0.15, -0.1) is 0 Å². The lowest BCUT2D eigenvalue weighted by Gasteiger charge is -2.10. The van der Waals surface area contributed by atoms with Gasteiger partial charge in [0.2, 0.25) is 0 Å². The summed E-state index contributed by atoms with van der Waals surface area (Å²) < 4.78 is 6.57. The summed E-state index contributed by atoms with van der Waals surface area (Å²) in [5.74, 6) is 0.764. The van der Waals surface area contributed by atoms with E-state index in [2.05, 4.69) is 15.3 Å². The number of pyridine rings is 1. The zero-order valence-corrected chi connectivity index (χ0v) is 10.8. The van der Waals surface area contributed by atoms with E-state index in [4.69, 9.17) is 10.5 Å². The van der Waals surface area contributed by atoms with Crippen molar-refractivity contribution in [2.75, 3.05) is 18.2 Å². The molecule has 0 aromatic carbocycles. The van der Waals surface area contributed by atoms with Crippen LogP contribution in [0, 0.1) is 0 Å². The minimum absolute atomic E-state index is 0.303. The minimum Gasteiger partial charge on any atom is -0.465 e. The Labute approximate surface area is 110 Å². The SMILES string of the molecule is COC(=O)c1cc(N)cnc1NCc1nccn1C. The van der Waals surface area contributed by atoms with Gasteiger partial charge in [-0.2, -0.15) is 0 Å². The van der Waals surface area contributed by atoms with E-state index in [-0.39, 0.29) is 0 Å². The highest BCUT2D eigenvalue weighted by Gasteiger charge is 2.14. The van der Waals surface area contributed by atoms with Crippen LogP contribution in [0.1, 0.15) is 16.2 Å². The molecule has 0 spiro atoms. The summed E-state index contributed by atoms with van der Waals surface area (Å²) >= 11 is 0. The number of carbonyl (C=O) groups excluding carboxylic acids is 1. The number of aryl methyl sites for hydroxylation is 1. The molecule has 0 aliphatic heterocycles. The Kier molecular flexibility index (Phi) is 3.65. The van der Waals surface area contributed by atoms with Crippen LogP contribution in [0.15, 0.2) is 24.7 Å². The molecule has 3 N–H and O–H groups in total. The number of rotatable bonds is 4. The minimum atomic E-state index is -0.484. The molecule has 0 radical (unpaired) electrons. The predicted molar refractivity (Wildman–Crippen MR) is 70.5 cm³/mol. The molecule has 7 nitrogen and oxygen atoms in total. The Bertz CT molecular complexity index is 594. The molecular formula is C12H15N5O2. The van der Waals surface area contributed by atoms with Crippen LogP contribution in [0.5, 0.6) is 0 Å². The molecule has 0 aliphatic rings. The molecule has 0 aliphatic carbocycles. The summed E-state index contributed by atoms with van der Waals surface area (Å²) in [6.07, 6.45) is 5.02. The number of nitrogens with two attached hydrogens (primary N) is 1. The topological polar surface area (TPSA) is 95.1 Å². The predicted octanol–water partition coefficient (Wildman–Crippen LogP) is 0.796. The molecule has 2 aromatic heterocycles. The lowest BCUT2D eigenvalue weighted by molar-refractivity contribution is 0.0601. The molecule has 7 heteroatoms. The fourth-order valence-electron chi connectivity index (χ4n) is 1.62. The summed E-state index contributed by atoms with van der Waals surface area (Å²) in [5, 5.41) is 3.05. The van der Waals surface area contributed by atoms with E-state index in [0.29, 0.717) is 23.6 Å². The highest BCUT2D eigenvalue weighted by Crippen LogP contribution is 2.17. The lowest BCUT2D eigenvalue weighted by atomic mass is 10.2. The number of hydrogen-bond donors (Lipinski definition) is 2. The van der Waals surface area contributed by atoms with E-state index in [1.165, 1.54) is 19.4 Å². The maximum absolute atomic E-state index is 11.6. The van der Waals surface area contributed by atoms with Crippen LogP contribution < -0.4 is 11.1 Å². The smallest absolute Gasteiger partial charge is 0.341 e. The van der Waals surface area contributed by atoms with Crippen molar-refractivity contribution in [2.24, 2.45) is 7.05 Å². The maximum atomic E-state index is 11.6. The van der Waals surface area contributed by atoms with Gasteiger partial charge in [-0.05, 0) is 6.07 Å². The number of ether oxygens (including phenoxy) is 1. The van der Waals surface area contributed by atoms with E-state index in [9.17, 15) is 4.79 Å². The molecule has 0 atom stereocenters. The number of hydrogen-bond acceptors (Lipinski definition) is 6. The summed E-state index contributed by atoms with van der Waals surface area (Å²) in [6.45, 7) is 0.449. The van der Waals surface area contributed by atoms with Gasteiger partial charge in [-0.25, -0.2) is 14.8 Å². The van der Waals surface area contributed by atoms with Crippen LogP contribution in [0.4, 0.5) is 11.5 Å². The van der Waals surface area contributed by atoms with Crippen molar-refractivity contribution < 1.29 is 9.53 Å². The molecular weight excluding hydrogens is 246 g/mol. The number of aromatic nitrogens is 3. The summed E-state index contributed by atoms with van der Waals surface area (Å²) in [4.78, 5) is 19.9. The van der Waals surface area contributed by atoms with Crippen molar-refractivity contribution in [3.63, 3.8) is 0 Å². The Morgan fingerprint density at radius 1 is 1.53 bits per heavy atom. The van der Waals surface area contributed by atoms with E-state index in [1.807, 2.05) is 17.8 Å². The largest absolute Gasteiger partial charge is 0.465 e. The molecule has 0 bridgehead atoms. The lowest BCUT2D eigenvalue weighted by Crippen LogP contribution is -2.12. The molecule has 2 aromatic rings. The van der Waals surface area contributed by atoms with Crippen molar-refractivity contribution in [1.82, 2.24) is 14.5 Å². The standard InChI is InChI=1S/C12H15N5O2/c1-17-4-3-14-10(17)7-16-11-9(12(18)19-2)5-8(13)6-15-11/h3-6H,7,13H2,1-2H3,(H,15,16). The average Bonchev–Trinajstić information content (AvgIpc) is 2.82. The van der Waals surface area contributed by atoms with Crippen LogP contribution in [-0.4, -0.2) is 27.6 Å². The number of anilines is 2. The van der Waals surface area contributed by atoms with E-state index in [0.717, 1.165) is 5.82 Å². The van der Waals surface area contributed by atoms with Crippen molar-refractivity contribution >= 4 is 17.5 Å². The van der Waals surface area contributed by atoms with Crippen LogP contribution >= 0.6 is 0 Å². The van der Waals surface area contributed by atoms with Gasteiger partial charge in [0.05, 0.1) is 25.5 Å². The third-order valence-electron chi connectivity index (χ3n) is 2.65. The van der Waals surface area contributed by atoms with Crippen molar-refractivity contribution in [3.8, 4) is 0 Å². The van der Waals surface area contributed by atoms with Gasteiger partial charge in [0.15, 0.2) is 0 Å². The van der Waals surface area contributed by atoms with Crippen LogP contribution in [0.25, 0.3) is 0 Å². The van der Waals surface area contributed by atoms with Gasteiger partial charge in [0.25, 0.3) is 0 Å². The van der Waals surface area contributed by atoms with Crippen LogP contribution in [-0.2, 0) is 18.3 Å². The first-order valence-corrected chi connectivity index (χ1v) is 5.65. The Balaban J connectivity index is 2.20.